The normalized spacial score (nSPS) is 23.1. The monoisotopic (exact) mass is 281 g/mol. The predicted molar refractivity (Wildman–Crippen MR) is 77.2 cm³/mol. The summed E-state index contributed by atoms with van der Waals surface area (Å²) in [7, 11) is 0. The maximum absolute atomic E-state index is 12.2. The van der Waals surface area contributed by atoms with E-state index in [1.807, 2.05) is 0 Å². The van der Waals surface area contributed by atoms with Crippen molar-refractivity contribution >= 4 is 23.3 Å². The van der Waals surface area contributed by atoms with Gasteiger partial charge in [0.2, 0.25) is 0 Å². The Morgan fingerprint density at radius 2 is 2.32 bits per heavy atom. The van der Waals surface area contributed by atoms with Gasteiger partial charge in [-0.15, -0.1) is 0 Å². The first-order chi connectivity index (χ1) is 9.10. The Kier molecular flexibility index (Phi) is 4.64. The van der Waals surface area contributed by atoms with Gasteiger partial charge in [-0.1, -0.05) is 37.8 Å². The van der Waals surface area contributed by atoms with E-state index in [0.29, 0.717) is 16.8 Å². The van der Waals surface area contributed by atoms with Gasteiger partial charge < -0.3 is 11.1 Å². The van der Waals surface area contributed by atoms with Crippen molar-refractivity contribution in [3.63, 3.8) is 0 Å². The fraction of sp³-hybridized carbons (Fsp3) is 0.571. The van der Waals surface area contributed by atoms with Gasteiger partial charge in [-0.05, 0) is 30.9 Å². The average Bonchev–Trinajstić information content (AvgIpc) is 2.41. The number of hydrogen-bond donors (Lipinski definition) is 2. The van der Waals surface area contributed by atoms with Crippen LogP contribution in [-0.4, -0.2) is 16.9 Å². The summed E-state index contributed by atoms with van der Waals surface area (Å²) in [6.45, 7) is 2.20. The lowest BCUT2D eigenvalue weighted by atomic mass is 9.84. The van der Waals surface area contributed by atoms with Gasteiger partial charge in [-0.25, -0.2) is 4.98 Å². The molecule has 0 bridgehead atoms. The summed E-state index contributed by atoms with van der Waals surface area (Å²) in [4.78, 5) is 16.2. The first-order valence-corrected chi connectivity index (χ1v) is 7.20. The summed E-state index contributed by atoms with van der Waals surface area (Å²) < 4.78 is 0. The van der Waals surface area contributed by atoms with Crippen LogP contribution >= 0.6 is 11.6 Å². The van der Waals surface area contributed by atoms with Gasteiger partial charge >= 0.3 is 0 Å². The first-order valence-electron chi connectivity index (χ1n) is 6.83. The van der Waals surface area contributed by atoms with E-state index in [9.17, 15) is 4.79 Å². The largest absolute Gasteiger partial charge is 0.384 e. The lowest BCUT2D eigenvalue weighted by Crippen LogP contribution is -2.38. The van der Waals surface area contributed by atoms with Crippen molar-refractivity contribution in [2.45, 2.75) is 45.1 Å². The Hall–Kier alpha value is -1.29. The van der Waals surface area contributed by atoms with Crippen LogP contribution in [-0.2, 0) is 0 Å². The van der Waals surface area contributed by atoms with E-state index in [4.69, 9.17) is 17.3 Å². The van der Waals surface area contributed by atoms with E-state index in [1.54, 1.807) is 12.1 Å². The summed E-state index contributed by atoms with van der Waals surface area (Å²) >= 11 is 5.99. The second-order valence-corrected chi connectivity index (χ2v) is 5.59. The lowest BCUT2D eigenvalue weighted by molar-refractivity contribution is 0.0914. The molecular formula is C14H20ClN3O. The van der Waals surface area contributed by atoms with E-state index in [1.165, 1.54) is 19.3 Å². The molecule has 4 nitrogen and oxygen atoms in total. The number of aromatic nitrogens is 1. The van der Waals surface area contributed by atoms with Crippen LogP contribution in [0.5, 0.6) is 0 Å². The minimum atomic E-state index is -0.223. The Bertz CT molecular complexity index is 464. The van der Waals surface area contributed by atoms with Crippen molar-refractivity contribution < 1.29 is 4.79 Å². The van der Waals surface area contributed by atoms with Gasteiger partial charge in [0.25, 0.3) is 5.91 Å². The molecule has 0 radical (unpaired) electrons. The van der Waals surface area contributed by atoms with Crippen LogP contribution in [0.15, 0.2) is 12.1 Å². The van der Waals surface area contributed by atoms with Crippen LogP contribution in [0.4, 0.5) is 5.82 Å². The third kappa shape index (κ3) is 3.60. The molecule has 1 aliphatic carbocycles. The number of carbonyl (C=O) groups is 1. The van der Waals surface area contributed by atoms with Crippen LogP contribution in [0.2, 0.25) is 5.02 Å². The molecule has 0 aromatic carbocycles. The minimum Gasteiger partial charge on any atom is -0.384 e. The number of amides is 1. The number of hydrogen-bond acceptors (Lipinski definition) is 3. The smallest absolute Gasteiger partial charge is 0.271 e. The summed E-state index contributed by atoms with van der Waals surface area (Å²) in [5, 5.41) is 3.37. The molecule has 2 rings (SSSR count). The van der Waals surface area contributed by atoms with Crippen LogP contribution < -0.4 is 11.1 Å². The fourth-order valence-corrected chi connectivity index (χ4v) is 2.85. The highest BCUT2D eigenvalue weighted by Gasteiger charge is 2.23. The van der Waals surface area contributed by atoms with Gasteiger partial charge in [0.05, 0.1) is 5.02 Å². The molecule has 0 saturated heterocycles. The van der Waals surface area contributed by atoms with E-state index in [2.05, 4.69) is 17.2 Å². The predicted octanol–water partition coefficient (Wildman–Crippen LogP) is 3.02. The molecule has 1 saturated carbocycles. The van der Waals surface area contributed by atoms with Crippen molar-refractivity contribution in [3.8, 4) is 0 Å². The highest BCUT2D eigenvalue weighted by molar-refractivity contribution is 6.33. The second kappa shape index (κ2) is 6.24. The molecule has 0 aliphatic heterocycles. The number of nitrogens with zero attached hydrogens (tertiary/aromatic N) is 1. The third-order valence-electron chi connectivity index (χ3n) is 3.78. The number of halogens is 1. The zero-order chi connectivity index (χ0) is 13.8. The van der Waals surface area contributed by atoms with Gasteiger partial charge in [-0.2, -0.15) is 0 Å². The molecule has 1 amide bonds. The molecule has 1 aliphatic rings. The molecule has 0 spiro atoms. The quantitative estimate of drug-likeness (QED) is 0.895. The number of nitrogen functional groups attached to an aromatic ring is 1. The number of nitrogens with one attached hydrogen (secondary N) is 1. The van der Waals surface area contributed by atoms with E-state index >= 15 is 0 Å². The van der Waals surface area contributed by atoms with Crippen molar-refractivity contribution in [2.24, 2.45) is 5.92 Å². The van der Waals surface area contributed by atoms with Crippen LogP contribution in [0.25, 0.3) is 0 Å². The van der Waals surface area contributed by atoms with Crippen LogP contribution in [0, 0.1) is 5.92 Å². The molecule has 1 aromatic heterocycles. The highest BCUT2D eigenvalue weighted by atomic mass is 35.5. The molecule has 19 heavy (non-hydrogen) atoms. The number of carbonyl (C=O) groups excluding carboxylic acids is 1. The summed E-state index contributed by atoms with van der Waals surface area (Å²) in [5.74, 6) is 0.798. The molecule has 1 aromatic rings. The summed E-state index contributed by atoms with van der Waals surface area (Å²) in [5.41, 5.74) is 5.81. The maximum atomic E-state index is 12.2. The molecule has 5 heteroatoms. The van der Waals surface area contributed by atoms with Crippen molar-refractivity contribution in [1.82, 2.24) is 10.3 Å². The van der Waals surface area contributed by atoms with Crippen molar-refractivity contribution in [1.29, 1.82) is 0 Å². The Morgan fingerprint density at radius 1 is 1.53 bits per heavy atom. The van der Waals surface area contributed by atoms with Gasteiger partial charge in [0, 0.05) is 6.04 Å². The Labute approximate surface area is 118 Å². The topological polar surface area (TPSA) is 68.0 Å². The zero-order valence-electron chi connectivity index (χ0n) is 11.2. The number of nitrogens with two attached hydrogens (primary N) is 1. The number of anilines is 1. The third-order valence-corrected chi connectivity index (χ3v) is 4.08. The molecular weight excluding hydrogens is 262 g/mol. The Morgan fingerprint density at radius 3 is 3.05 bits per heavy atom. The molecule has 1 heterocycles. The average molecular weight is 282 g/mol. The molecule has 1 fully saturated rings. The van der Waals surface area contributed by atoms with E-state index in [-0.39, 0.29) is 17.6 Å². The zero-order valence-corrected chi connectivity index (χ0v) is 11.9. The van der Waals surface area contributed by atoms with Gasteiger partial charge in [0.1, 0.15) is 11.5 Å². The highest BCUT2D eigenvalue weighted by Crippen LogP contribution is 2.27. The van der Waals surface area contributed by atoms with Gasteiger partial charge in [-0.3, -0.25) is 4.79 Å². The maximum Gasteiger partial charge on any atom is 0.271 e. The standard InChI is InChI=1S/C14H20ClN3O/c1-2-9-4-3-5-10(8-9)17-14(19)13-11(15)6-7-12(16)18-13/h6-7,9-10H,2-5,8H2,1H3,(H2,16,18)(H,17,19). The van der Waals surface area contributed by atoms with Crippen molar-refractivity contribution in [3.05, 3.63) is 22.8 Å². The number of rotatable bonds is 3. The fourth-order valence-electron chi connectivity index (χ4n) is 2.66. The van der Waals surface area contributed by atoms with E-state index < -0.39 is 0 Å². The molecule has 2 unspecified atom stereocenters. The van der Waals surface area contributed by atoms with Crippen molar-refractivity contribution in [2.75, 3.05) is 5.73 Å². The lowest BCUT2D eigenvalue weighted by Gasteiger charge is -2.29. The minimum absolute atomic E-state index is 0.222. The first kappa shape index (κ1) is 14.1. The second-order valence-electron chi connectivity index (χ2n) is 5.18. The Balaban J connectivity index is 2.02. The molecule has 3 N–H and O–H groups in total. The van der Waals surface area contributed by atoms with E-state index in [0.717, 1.165) is 12.8 Å². The van der Waals surface area contributed by atoms with Gasteiger partial charge in [0.15, 0.2) is 0 Å². The van der Waals surface area contributed by atoms with Crippen LogP contribution in [0.1, 0.15) is 49.5 Å². The summed E-state index contributed by atoms with van der Waals surface area (Å²) in [6, 6.07) is 3.42. The number of pyridine rings is 1. The van der Waals surface area contributed by atoms with Crippen LogP contribution in [0.3, 0.4) is 0 Å². The SMILES string of the molecule is CCC1CCCC(NC(=O)c2nc(N)ccc2Cl)C1. The molecule has 104 valence electrons. The molecule has 2 atom stereocenters. The summed E-state index contributed by atoms with van der Waals surface area (Å²) in [6.07, 6.45) is 5.68.